The number of aromatic nitrogens is 2. The van der Waals surface area contributed by atoms with Crippen LogP contribution in [0.3, 0.4) is 0 Å². The highest BCUT2D eigenvalue weighted by molar-refractivity contribution is 7.11. The first-order valence-corrected chi connectivity index (χ1v) is 8.15. The molecule has 3 aromatic heterocycles. The number of pyridine rings is 1. The Bertz CT molecular complexity index is 848. The van der Waals surface area contributed by atoms with Gasteiger partial charge in [-0.3, -0.25) is 4.79 Å². The van der Waals surface area contributed by atoms with Crippen LogP contribution in [0.5, 0.6) is 0 Å². The zero-order valence-electron chi connectivity index (χ0n) is 12.0. The molecule has 1 amide bonds. The molecule has 0 atom stereocenters. The van der Waals surface area contributed by atoms with Gasteiger partial charge in [0, 0.05) is 35.7 Å². The number of rotatable bonds is 2. The van der Waals surface area contributed by atoms with Crippen LogP contribution in [0.15, 0.2) is 48.1 Å². The lowest BCUT2D eigenvalue weighted by Gasteiger charge is -2.26. The van der Waals surface area contributed by atoms with E-state index >= 15 is 0 Å². The van der Waals surface area contributed by atoms with Crippen molar-refractivity contribution in [1.29, 1.82) is 0 Å². The average molecular weight is 309 g/mol. The second kappa shape index (κ2) is 5.42. The van der Waals surface area contributed by atoms with Crippen molar-refractivity contribution in [2.45, 2.75) is 6.42 Å². The Labute approximate surface area is 132 Å². The monoisotopic (exact) mass is 309 g/mol. The molecule has 1 aliphatic heterocycles. The fourth-order valence-corrected chi connectivity index (χ4v) is 3.64. The summed E-state index contributed by atoms with van der Waals surface area (Å²) in [5, 5.41) is 2.98. The molecule has 0 spiro atoms. The molecule has 0 radical (unpaired) electrons. The third-order valence-electron chi connectivity index (χ3n) is 4.02. The zero-order chi connectivity index (χ0) is 14.9. The standard InChI is InChI=1S/C17H15N3OS/c21-17(14-11-19-16-13(14)3-1-7-18-16)20-8-5-12(6-9-20)15-4-2-10-22-15/h1-5,7,10-11H,6,8-9H2,(H,18,19). The van der Waals surface area contributed by atoms with Gasteiger partial charge < -0.3 is 9.88 Å². The van der Waals surface area contributed by atoms with E-state index in [4.69, 9.17) is 0 Å². The third-order valence-corrected chi connectivity index (χ3v) is 4.96. The Kier molecular flexibility index (Phi) is 3.27. The first-order valence-electron chi connectivity index (χ1n) is 7.27. The van der Waals surface area contributed by atoms with Gasteiger partial charge in [-0.25, -0.2) is 4.98 Å². The van der Waals surface area contributed by atoms with Gasteiger partial charge in [0.05, 0.1) is 5.56 Å². The number of H-pyrrole nitrogens is 1. The molecule has 4 rings (SSSR count). The molecule has 3 aromatic rings. The van der Waals surface area contributed by atoms with Crippen LogP contribution in [0.25, 0.3) is 16.6 Å². The normalized spacial score (nSPS) is 15.1. The van der Waals surface area contributed by atoms with Crippen molar-refractivity contribution in [3.05, 3.63) is 58.6 Å². The van der Waals surface area contributed by atoms with Crippen molar-refractivity contribution in [2.75, 3.05) is 13.1 Å². The summed E-state index contributed by atoms with van der Waals surface area (Å²) in [6, 6.07) is 8.00. The Morgan fingerprint density at radius 3 is 3.05 bits per heavy atom. The van der Waals surface area contributed by atoms with E-state index in [2.05, 4.69) is 33.6 Å². The average Bonchev–Trinajstić information content (AvgIpc) is 3.24. The molecule has 0 bridgehead atoms. The van der Waals surface area contributed by atoms with E-state index in [0.29, 0.717) is 12.1 Å². The summed E-state index contributed by atoms with van der Waals surface area (Å²) in [7, 11) is 0. The summed E-state index contributed by atoms with van der Waals surface area (Å²) in [4.78, 5) is 23.2. The molecule has 0 saturated carbocycles. The number of hydrogen-bond donors (Lipinski definition) is 1. The van der Waals surface area contributed by atoms with E-state index in [0.717, 1.165) is 24.0 Å². The smallest absolute Gasteiger partial charge is 0.256 e. The quantitative estimate of drug-likeness (QED) is 0.787. The summed E-state index contributed by atoms with van der Waals surface area (Å²) in [6.45, 7) is 1.43. The molecule has 1 N–H and O–H groups in total. The number of thiophene rings is 1. The summed E-state index contributed by atoms with van der Waals surface area (Å²) in [5.74, 6) is 0.0701. The number of fused-ring (bicyclic) bond motifs is 1. The predicted octanol–water partition coefficient (Wildman–Crippen LogP) is 3.55. The molecular weight excluding hydrogens is 294 g/mol. The molecule has 5 heteroatoms. The summed E-state index contributed by atoms with van der Waals surface area (Å²) in [5.41, 5.74) is 2.81. The Hall–Kier alpha value is -2.40. The van der Waals surface area contributed by atoms with Gasteiger partial charge in [-0.05, 0) is 35.6 Å². The Morgan fingerprint density at radius 2 is 2.27 bits per heavy atom. The Balaban J connectivity index is 1.57. The van der Waals surface area contributed by atoms with Crippen LogP contribution in [-0.2, 0) is 0 Å². The number of nitrogens with zero attached hydrogens (tertiary/aromatic N) is 2. The topological polar surface area (TPSA) is 49.0 Å². The van der Waals surface area contributed by atoms with Gasteiger partial charge in [-0.15, -0.1) is 11.3 Å². The van der Waals surface area contributed by atoms with Crippen LogP contribution in [0.4, 0.5) is 0 Å². The van der Waals surface area contributed by atoms with Gasteiger partial charge >= 0.3 is 0 Å². The lowest BCUT2D eigenvalue weighted by molar-refractivity contribution is 0.0775. The van der Waals surface area contributed by atoms with Crippen molar-refractivity contribution < 1.29 is 4.79 Å². The first kappa shape index (κ1) is 13.3. The summed E-state index contributed by atoms with van der Waals surface area (Å²) in [6.07, 6.45) is 6.57. The highest BCUT2D eigenvalue weighted by atomic mass is 32.1. The van der Waals surface area contributed by atoms with Crippen LogP contribution in [0, 0.1) is 0 Å². The van der Waals surface area contributed by atoms with E-state index in [-0.39, 0.29) is 5.91 Å². The fourth-order valence-electron chi connectivity index (χ4n) is 2.84. The van der Waals surface area contributed by atoms with Crippen LogP contribution in [0.1, 0.15) is 21.7 Å². The van der Waals surface area contributed by atoms with Crippen molar-refractivity contribution in [2.24, 2.45) is 0 Å². The fraction of sp³-hybridized carbons (Fsp3) is 0.176. The largest absolute Gasteiger partial charge is 0.345 e. The summed E-state index contributed by atoms with van der Waals surface area (Å²) >= 11 is 1.75. The van der Waals surface area contributed by atoms with Crippen LogP contribution >= 0.6 is 11.3 Å². The van der Waals surface area contributed by atoms with E-state index in [1.807, 2.05) is 17.0 Å². The number of hydrogen-bond acceptors (Lipinski definition) is 3. The minimum absolute atomic E-state index is 0.0701. The highest BCUT2D eigenvalue weighted by Gasteiger charge is 2.22. The molecule has 0 aromatic carbocycles. The number of carbonyl (C=O) groups excluding carboxylic acids is 1. The minimum Gasteiger partial charge on any atom is -0.345 e. The number of aromatic amines is 1. The molecule has 0 fully saturated rings. The van der Waals surface area contributed by atoms with E-state index < -0.39 is 0 Å². The van der Waals surface area contributed by atoms with Crippen molar-refractivity contribution in [3.8, 4) is 0 Å². The molecule has 110 valence electrons. The second-order valence-corrected chi connectivity index (χ2v) is 6.26. The SMILES string of the molecule is O=C(c1c[nH]c2ncccc12)N1CC=C(c2cccs2)CC1. The van der Waals surface area contributed by atoms with E-state index in [9.17, 15) is 4.79 Å². The second-order valence-electron chi connectivity index (χ2n) is 5.31. The van der Waals surface area contributed by atoms with Crippen LogP contribution in [-0.4, -0.2) is 33.9 Å². The lowest BCUT2D eigenvalue weighted by atomic mass is 10.1. The lowest BCUT2D eigenvalue weighted by Crippen LogP contribution is -2.34. The zero-order valence-corrected chi connectivity index (χ0v) is 12.8. The predicted molar refractivity (Wildman–Crippen MR) is 88.9 cm³/mol. The van der Waals surface area contributed by atoms with Crippen LogP contribution in [0.2, 0.25) is 0 Å². The Morgan fingerprint density at radius 1 is 1.32 bits per heavy atom. The number of carbonyl (C=O) groups is 1. The number of nitrogens with one attached hydrogen (secondary N) is 1. The van der Waals surface area contributed by atoms with Crippen LogP contribution < -0.4 is 0 Å². The minimum atomic E-state index is 0.0701. The van der Waals surface area contributed by atoms with Gasteiger partial charge in [-0.2, -0.15) is 0 Å². The molecule has 0 saturated heterocycles. The van der Waals surface area contributed by atoms with E-state index in [1.54, 1.807) is 23.7 Å². The van der Waals surface area contributed by atoms with Crippen molar-refractivity contribution in [3.63, 3.8) is 0 Å². The molecule has 22 heavy (non-hydrogen) atoms. The maximum absolute atomic E-state index is 12.7. The third kappa shape index (κ3) is 2.23. The van der Waals surface area contributed by atoms with Gasteiger partial charge in [0.1, 0.15) is 5.65 Å². The van der Waals surface area contributed by atoms with Gasteiger partial charge in [-0.1, -0.05) is 12.1 Å². The molecule has 4 nitrogen and oxygen atoms in total. The molecule has 0 aliphatic carbocycles. The molecule has 0 unspecified atom stereocenters. The summed E-state index contributed by atoms with van der Waals surface area (Å²) < 4.78 is 0. The number of amides is 1. The van der Waals surface area contributed by atoms with Gasteiger partial charge in [0.15, 0.2) is 0 Å². The van der Waals surface area contributed by atoms with Gasteiger partial charge in [0.2, 0.25) is 0 Å². The highest BCUT2D eigenvalue weighted by Crippen LogP contribution is 2.27. The van der Waals surface area contributed by atoms with Gasteiger partial charge in [0.25, 0.3) is 5.91 Å². The van der Waals surface area contributed by atoms with Crippen molar-refractivity contribution in [1.82, 2.24) is 14.9 Å². The first-order chi connectivity index (χ1) is 10.8. The molecular formula is C17H15N3OS. The van der Waals surface area contributed by atoms with E-state index in [1.165, 1.54) is 10.5 Å². The maximum atomic E-state index is 12.7. The van der Waals surface area contributed by atoms with Crippen molar-refractivity contribution >= 4 is 33.9 Å². The molecule has 4 heterocycles. The molecule has 1 aliphatic rings. The maximum Gasteiger partial charge on any atom is 0.256 e.